The number of halogens is 1. The Balaban J connectivity index is 0.00000338. The van der Waals surface area contributed by atoms with Crippen LogP contribution in [0.25, 0.3) is 0 Å². The number of likely N-dealkylation sites (tertiary alicyclic amines) is 1. The Hall–Kier alpha value is -0.860. The smallest absolute Gasteiger partial charge is 0.193 e. The molecule has 1 aromatic carbocycles. The maximum absolute atomic E-state index is 10.4. The van der Waals surface area contributed by atoms with Gasteiger partial charge in [-0.05, 0) is 45.3 Å². The predicted octanol–water partition coefficient (Wildman–Crippen LogP) is 3.03. The number of aryl methyl sites for hydroxylation is 1. The molecular formula is C20H35IN4O. The first-order chi connectivity index (χ1) is 12.0. The zero-order valence-electron chi connectivity index (χ0n) is 16.6. The molecule has 2 rings (SSSR count). The molecule has 1 aliphatic rings. The minimum Gasteiger partial charge on any atom is -0.386 e. The third-order valence-corrected chi connectivity index (χ3v) is 4.96. The summed E-state index contributed by atoms with van der Waals surface area (Å²) in [6, 6.07) is 8.60. The van der Waals surface area contributed by atoms with Crippen LogP contribution in [0.4, 0.5) is 0 Å². The summed E-state index contributed by atoms with van der Waals surface area (Å²) in [5.41, 5.74) is 2.12. The van der Waals surface area contributed by atoms with Crippen LogP contribution in [0, 0.1) is 6.92 Å². The largest absolute Gasteiger partial charge is 0.386 e. The van der Waals surface area contributed by atoms with Gasteiger partial charge in [0.05, 0.1) is 12.6 Å². The molecule has 2 unspecified atom stereocenters. The van der Waals surface area contributed by atoms with Crippen molar-refractivity contribution in [1.82, 2.24) is 15.1 Å². The normalized spacial score (nSPS) is 19.1. The fourth-order valence-electron chi connectivity index (χ4n) is 3.46. The van der Waals surface area contributed by atoms with E-state index in [2.05, 4.69) is 47.9 Å². The molecule has 1 aliphatic heterocycles. The number of hydrogen-bond acceptors (Lipinski definition) is 3. The lowest BCUT2D eigenvalue weighted by atomic mass is 10.1. The quantitative estimate of drug-likeness (QED) is 0.363. The van der Waals surface area contributed by atoms with Crippen LogP contribution in [0.3, 0.4) is 0 Å². The summed E-state index contributed by atoms with van der Waals surface area (Å²) in [6.07, 6.45) is 1.97. The lowest BCUT2D eigenvalue weighted by molar-refractivity contribution is 0.186. The van der Waals surface area contributed by atoms with E-state index in [4.69, 9.17) is 0 Å². The average molecular weight is 474 g/mol. The highest BCUT2D eigenvalue weighted by Gasteiger charge is 2.25. The zero-order chi connectivity index (χ0) is 18.2. The molecule has 0 aromatic heterocycles. The van der Waals surface area contributed by atoms with Gasteiger partial charge in [-0.25, -0.2) is 0 Å². The van der Waals surface area contributed by atoms with Gasteiger partial charge >= 0.3 is 0 Å². The van der Waals surface area contributed by atoms with Gasteiger partial charge in [0, 0.05) is 26.2 Å². The van der Waals surface area contributed by atoms with Crippen molar-refractivity contribution in [2.45, 2.75) is 45.8 Å². The van der Waals surface area contributed by atoms with Gasteiger partial charge in [-0.2, -0.15) is 0 Å². The van der Waals surface area contributed by atoms with Gasteiger partial charge in [-0.15, -0.1) is 24.0 Å². The monoisotopic (exact) mass is 474 g/mol. The minimum absolute atomic E-state index is 0. The van der Waals surface area contributed by atoms with Gasteiger partial charge in [-0.3, -0.25) is 9.89 Å². The Morgan fingerprint density at radius 3 is 2.65 bits per heavy atom. The topological polar surface area (TPSA) is 51.1 Å². The molecule has 1 heterocycles. The van der Waals surface area contributed by atoms with Crippen molar-refractivity contribution in [2.24, 2.45) is 4.99 Å². The van der Waals surface area contributed by atoms with E-state index in [9.17, 15) is 5.11 Å². The second kappa shape index (κ2) is 11.8. The maximum atomic E-state index is 10.4. The van der Waals surface area contributed by atoms with Crippen LogP contribution in [-0.4, -0.2) is 66.7 Å². The number of benzene rings is 1. The van der Waals surface area contributed by atoms with Crippen molar-refractivity contribution in [3.63, 3.8) is 0 Å². The Bertz CT molecular complexity index is 549. The highest BCUT2D eigenvalue weighted by atomic mass is 127. The van der Waals surface area contributed by atoms with E-state index < -0.39 is 6.10 Å². The maximum Gasteiger partial charge on any atom is 0.193 e. The van der Waals surface area contributed by atoms with Crippen molar-refractivity contribution in [2.75, 3.05) is 39.8 Å². The van der Waals surface area contributed by atoms with Crippen LogP contribution in [-0.2, 0) is 0 Å². The summed E-state index contributed by atoms with van der Waals surface area (Å²) in [7, 11) is 2.09. The molecule has 0 spiro atoms. The predicted molar refractivity (Wildman–Crippen MR) is 120 cm³/mol. The SMILES string of the molecule is CCNC(=NCC(O)c1ccc(C)cc1)N(C)CC1CCCN1CC.I. The van der Waals surface area contributed by atoms with Crippen LogP contribution in [0.2, 0.25) is 0 Å². The summed E-state index contributed by atoms with van der Waals surface area (Å²) < 4.78 is 0. The van der Waals surface area contributed by atoms with E-state index in [0.29, 0.717) is 12.6 Å². The van der Waals surface area contributed by atoms with Crippen LogP contribution >= 0.6 is 24.0 Å². The first-order valence-corrected chi connectivity index (χ1v) is 9.53. The molecule has 0 aliphatic carbocycles. The van der Waals surface area contributed by atoms with Crippen molar-refractivity contribution in [3.05, 3.63) is 35.4 Å². The minimum atomic E-state index is -0.568. The highest BCUT2D eigenvalue weighted by molar-refractivity contribution is 14.0. The standard InChI is InChI=1S/C20H34N4O.HI/c1-5-21-20(23(4)15-18-8-7-13-24(18)6-2)22-14-19(25)17-11-9-16(3)10-12-17;/h9-12,18-19,25H,5-8,13-15H2,1-4H3,(H,21,22);1H. The number of aliphatic imine (C=N–C) groups is 1. The molecule has 0 bridgehead atoms. The summed E-state index contributed by atoms with van der Waals surface area (Å²) in [4.78, 5) is 9.41. The Kier molecular flexibility index (Phi) is 10.5. The Morgan fingerprint density at radius 1 is 1.35 bits per heavy atom. The second-order valence-corrected chi connectivity index (χ2v) is 6.93. The molecular weight excluding hydrogens is 439 g/mol. The number of aliphatic hydroxyl groups is 1. The summed E-state index contributed by atoms with van der Waals surface area (Å²) in [5.74, 6) is 0.872. The number of aliphatic hydroxyl groups excluding tert-OH is 1. The Labute approximate surface area is 175 Å². The van der Waals surface area contributed by atoms with Gasteiger partial charge in [0.1, 0.15) is 0 Å². The number of guanidine groups is 1. The average Bonchev–Trinajstić information content (AvgIpc) is 3.05. The van der Waals surface area contributed by atoms with E-state index in [-0.39, 0.29) is 24.0 Å². The third-order valence-electron chi connectivity index (χ3n) is 4.96. The molecule has 1 fully saturated rings. The van der Waals surface area contributed by atoms with Gasteiger partial charge < -0.3 is 15.3 Å². The summed E-state index contributed by atoms with van der Waals surface area (Å²) in [5, 5.41) is 13.8. The first kappa shape index (κ1) is 23.2. The molecule has 0 amide bonds. The molecule has 5 nitrogen and oxygen atoms in total. The van der Waals surface area contributed by atoms with Gasteiger partial charge in [0.15, 0.2) is 5.96 Å². The lowest BCUT2D eigenvalue weighted by Crippen LogP contribution is -2.46. The van der Waals surface area contributed by atoms with Gasteiger partial charge in [-0.1, -0.05) is 36.8 Å². The van der Waals surface area contributed by atoms with E-state index in [1.807, 2.05) is 24.3 Å². The number of likely N-dealkylation sites (N-methyl/N-ethyl adjacent to an activating group) is 2. The van der Waals surface area contributed by atoms with Crippen molar-refractivity contribution < 1.29 is 5.11 Å². The number of hydrogen-bond donors (Lipinski definition) is 2. The van der Waals surface area contributed by atoms with E-state index in [1.54, 1.807) is 0 Å². The zero-order valence-corrected chi connectivity index (χ0v) is 18.9. The molecule has 1 saturated heterocycles. The molecule has 26 heavy (non-hydrogen) atoms. The van der Waals surface area contributed by atoms with E-state index in [0.717, 1.165) is 31.2 Å². The first-order valence-electron chi connectivity index (χ1n) is 9.53. The van der Waals surface area contributed by atoms with Crippen LogP contribution in [0.5, 0.6) is 0 Å². The fourth-order valence-corrected chi connectivity index (χ4v) is 3.46. The number of nitrogens with one attached hydrogen (secondary N) is 1. The van der Waals surface area contributed by atoms with Crippen LogP contribution < -0.4 is 5.32 Å². The molecule has 0 saturated carbocycles. The van der Waals surface area contributed by atoms with Gasteiger partial charge in [0.2, 0.25) is 0 Å². The summed E-state index contributed by atoms with van der Waals surface area (Å²) >= 11 is 0. The van der Waals surface area contributed by atoms with Crippen molar-refractivity contribution in [1.29, 1.82) is 0 Å². The molecule has 148 valence electrons. The molecule has 2 N–H and O–H groups in total. The molecule has 0 radical (unpaired) electrons. The van der Waals surface area contributed by atoms with Crippen molar-refractivity contribution >= 4 is 29.9 Å². The molecule has 2 atom stereocenters. The molecule has 6 heteroatoms. The molecule has 1 aromatic rings. The van der Waals surface area contributed by atoms with Crippen LogP contribution in [0.1, 0.15) is 43.9 Å². The van der Waals surface area contributed by atoms with Crippen LogP contribution in [0.15, 0.2) is 29.3 Å². The number of rotatable bonds is 7. The van der Waals surface area contributed by atoms with Gasteiger partial charge in [0.25, 0.3) is 0 Å². The Morgan fingerprint density at radius 2 is 2.04 bits per heavy atom. The lowest BCUT2D eigenvalue weighted by Gasteiger charge is -2.30. The summed E-state index contributed by atoms with van der Waals surface area (Å²) in [6.45, 7) is 10.8. The van der Waals surface area contributed by atoms with E-state index in [1.165, 1.54) is 24.9 Å². The van der Waals surface area contributed by atoms with Crippen molar-refractivity contribution in [3.8, 4) is 0 Å². The second-order valence-electron chi connectivity index (χ2n) is 6.93. The van der Waals surface area contributed by atoms with E-state index >= 15 is 0 Å². The fraction of sp³-hybridized carbons (Fsp3) is 0.650. The highest BCUT2D eigenvalue weighted by Crippen LogP contribution is 2.18. The third kappa shape index (κ3) is 6.70. The number of nitrogens with zero attached hydrogens (tertiary/aromatic N) is 3.